The molecule has 1 aliphatic carbocycles. The van der Waals surface area contributed by atoms with Crippen LogP contribution in [0.3, 0.4) is 0 Å². The molecule has 2 fully saturated rings. The summed E-state index contributed by atoms with van der Waals surface area (Å²) in [6.45, 7) is 3.23. The zero-order chi connectivity index (χ0) is 17.7. The van der Waals surface area contributed by atoms with Crippen molar-refractivity contribution in [3.8, 4) is 5.75 Å². The van der Waals surface area contributed by atoms with Gasteiger partial charge in [0.2, 0.25) is 0 Å². The standard InChI is InChI=1S/C20H29NO4/c1-24-17-7-3-2-5-16(17)6-4-10-21-11-8-20(9-12-21)18(23)15-19(20)25-14-13-22/h2-7,18-19,22-23H,8-15H2,1H3/t18-,19+/m1/s1. The maximum atomic E-state index is 10.3. The van der Waals surface area contributed by atoms with Crippen LogP contribution in [0.2, 0.25) is 0 Å². The normalized spacial score (nSPS) is 26.0. The first-order valence-corrected chi connectivity index (χ1v) is 9.12. The second-order valence-electron chi connectivity index (χ2n) is 7.01. The molecule has 0 amide bonds. The highest BCUT2D eigenvalue weighted by molar-refractivity contribution is 5.57. The molecular weight excluding hydrogens is 318 g/mol. The number of para-hydroxylation sites is 1. The van der Waals surface area contributed by atoms with Crippen LogP contribution in [0.25, 0.3) is 6.08 Å². The molecule has 0 unspecified atom stereocenters. The van der Waals surface area contributed by atoms with Crippen molar-refractivity contribution in [3.63, 3.8) is 0 Å². The van der Waals surface area contributed by atoms with Gasteiger partial charge in [-0.15, -0.1) is 0 Å². The number of likely N-dealkylation sites (tertiary alicyclic amines) is 1. The van der Waals surface area contributed by atoms with Gasteiger partial charge in [0.15, 0.2) is 0 Å². The summed E-state index contributed by atoms with van der Waals surface area (Å²) in [6, 6.07) is 8.00. The van der Waals surface area contributed by atoms with Crippen LogP contribution in [0.4, 0.5) is 0 Å². The smallest absolute Gasteiger partial charge is 0.126 e. The highest BCUT2D eigenvalue weighted by Gasteiger charge is 2.55. The molecular formula is C20H29NO4. The number of ether oxygens (including phenoxy) is 2. The minimum atomic E-state index is -0.262. The lowest BCUT2D eigenvalue weighted by Crippen LogP contribution is -2.62. The third-order valence-corrected chi connectivity index (χ3v) is 5.74. The van der Waals surface area contributed by atoms with Gasteiger partial charge in [-0.2, -0.15) is 0 Å². The van der Waals surface area contributed by atoms with Gasteiger partial charge in [-0.05, 0) is 32.0 Å². The fraction of sp³-hybridized carbons (Fsp3) is 0.600. The average Bonchev–Trinajstić information content (AvgIpc) is 2.66. The van der Waals surface area contributed by atoms with Crippen LogP contribution in [-0.2, 0) is 4.74 Å². The van der Waals surface area contributed by atoms with Crippen LogP contribution >= 0.6 is 0 Å². The molecule has 1 heterocycles. The summed E-state index contributed by atoms with van der Waals surface area (Å²) in [5.74, 6) is 0.887. The van der Waals surface area contributed by atoms with Gasteiger partial charge in [0.25, 0.3) is 0 Å². The van der Waals surface area contributed by atoms with Gasteiger partial charge in [-0.25, -0.2) is 0 Å². The van der Waals surface area contributed by atoms with E-state index in [9.17, 15) is 5.11 Å². The zero-order valence-corrected chi connectivity index (χ0v) is 14.9. The molecule has 2 atom stereocenters. The predicted octanol–water partition coefficient (Wildman–Crippen LogP) is 1.93. The van der Waals surface area contributed by atoms with E-state index >= 15 is 0 Å². The van der Waals surface area contributed by atoms with Gasteiger partial charge in [-0.1, -0.05) is 30.4 Å². The molecule has 25 heavy (non-hydrogen) atoms. The number of hydrogen-bond donors (Lipinski definition) is 2. The van der Waals surface area contributed by atoms with Crippen molar-refractivity contribution < 1.29 is 19.7 Å². The first kappa shape index (κ1) is 18.4. The molecule has 2 aliphatic rings. The average molecular weight is 347 g/mol. The van der Waals surface area contributed by atoms with Gasteiger partial charge in [0.05, 0.1) is 32.5 Å². The molecule has 2 N–H and O–H groups in total. The summed E-state index contributed by atoms with van der Waals surface area (Å²) < 4.78 is 11.1. The zero-order valence-electron chi connectivity index (χ0n) is 14.9. The Balaban J connectivity index is 1.50. The van der Waals surface area contributed by atoms with E-state index in [1.807, 2.05) is 24.3 Å². The Labute approximate surface area is 149 Å². The molecule has 0 bridgehead atoms. The number of hydrogen-bond acceptors (Lipinski definition) is 5. The molecule has 5 nitrogen and oxygen atoms in total. The quantitative estimate of drug-likeness (QED) is 0.789. The van der Waals surface area contributed by atoms with Crippen molar-refractivity contribution in [2.24, 2.45) is 5.41 Å². The fourth-order valence-electron chi connectivity index (χ4n) is 4.10. The number of benzene rings is 1. The van der Waals surface area contributed by atoms with E-state index in [0.717, 1.165) is 43.8 Å². The lowest BCUT2D eigenvalue weighted by molar-refractivity contribution is -0.212. The summed E-state index contributed by atoms with van der Waals surface area (Å²) >= 11 is 0. The molecule has 0 radical (unpaired) electrons. The number of aliphatic hydroxyl groups is 2. The molecule has 1 aromatic rings. The summed E-state index contributed by atoms with van der Waals surface area (Å²) in [7, 11) is 1.69. The van der Waals surface area contributed by atoms with E-state index in [0.29, 0.717) is 13.0 Å². The second-order valence-corrected chi connectivity index (χ2v) is 7.01. The molecule has 138 valence electrons. The van der Waals surface area contributed by atoms with E-state index in [1.165, 1.54) is 0 Å². The van der Waals surface area contributed by atoms with Crippen LogP contribution in [0.1, 0.15) is 24.8 Å². The van der Waals surface area contributed by atoms with Crippen molar-refractivity contribution in [2.45, 2.75) is 31.5 Å². The molecule has 1 saturated carbocycles. The van der Waals surface area contributed by atoms with Crippen molar-refractivity contribution in [1.82, 2.24) is 4.90 Å². The number of rotatable bonds is 7. The van der Waals surface area contributed by atoms with Crippen LogP contribution in [0.15, 0.2) is 30.3 Å². The van der Waals surface area contributed by atoms with Gasteiger partial charge in [0.1, 0.15) is 5.75 Å². The van der Waals surface area contributed by atoms with E-state index in [1.54, 1.807) is 7.11 Å². The minimum Gasteiger partial charge on any atom is -0.496 e. The lowest BCUT2D eigenvalue weighted by Gasteiger charge is -2.56. The van der Waals surface area contributed by atoms with Crippen molar-refractivity contribution >= 4 is 6.08 Å². The van der Waals surface area contributed by atoms with Gasteiger partial charge >= 0.3 is 0 Å². The monoisotopic (exact) mass is 347 g/mol. The molecule has 5 heteroatoms. The van der Waals surface area contributed by atoms with Crippen molar-refractivity contribution in [1.29, 1.82) is 0 Å². The number of methoxy groups -OCH3 is 1. The van der Waals surface area contributed by atoms with Crippen LogP contribution in [-0.4, -0.2) is 67.3 Å². The number of nitrogens with zero attached hydrogens (tertiary/aromatic N) is 1. The summed E-state index contributed by atoms with van der Waals surface area (Å²) in [6.07, 6.45) is 6.72. The topological polar surface area (TPSA) is 62.2 Å². The molecule has 1 saturated heterocycles. The number of piperidine rings is 1. The SMILES string of the molecule is COc1ccccc1C=CCN1CCC2(CC1)[C@H](O)C[C@@H]2OCCO. The number of aliphatic hydroxyl groups excluding tert-OH is 2. The van der Waals surface area contributed by atoms with E-state index in [2.05, 4.69) is 17.1 Å². The lowest BCUT2D eigenvalue weighted by atomic mass is 9.58. The highest BCUT2D eigenvalue weighted by atomic mass is 16.5. The minimum absolute atomic E-state index is 0.0442. The summed E-state index contributed by atoms with van der Waals surface area (Å²) in [4.78, 5) is 2.41. The third kappa shape index (κ3) is 3.90. The third-order valence-electron chi connectivity index (χ3n) is 5.74. The Hall–Kier alpha value is -1.40. The maximum Gasteiger partial charge on any atom is 0.126 e. The maximum absolute atomic E-state index is 10.3. The van der Waals surface area contributed by atoms with Gasteiger partial charge < -0.3 is 19.7 Å². The van der Waals surface area contributed by atoms with Crippen LogP contribution < -0.4 is 4.74 Å². The summed E-state index contributed by atoms with van der Waals surface area (Å²) in [5.41, 5.74) is 0.989. The van der Waals surface area contributed by atoms with Crippen molar-refractivity contribution in [3.05, 3.63) is 35.9 Å². The second kappa shape index (κ2) is 8.32. The van der Waals surface area contributed by atoms with E-state index in [4.69, 9.17) is 14.6 Å². The molecule has 3 rings (SSSR count). The Bertz CT molecular complexity index is 581. The Morgan fingerprint density at radius 3 is 2.72 bits per heavy atom. The molecule has 1 aromatic carbocycles. The first-order chi connectivity index (χ1) is 12.2. The molecule has 0 aromatic heterocycles. The summed E-state index contributed by atoms with van der Waals surface area (Å²) in [5, 5.41) is 19.2. The van der Waals surface area contributed by atoms with E-state index in [-0.39, 0.29) is 24.2 Å². The predicted molar refractivity (Wildman–Crippen MR) is 97.6 cm³/mol. The largest absolute Gasteiger partial charge is 0.496 e. The van der Waals surface area contributed by atoms with Crippen LogP contribution in [0.5, 0.6) is 5.75 Å². The molecule has 1 spiro atoms. The van der Waals surface area contributed by atoms with Crippen LogP contribution in [0, 0.1) is 5.41 Å². The first-order valence-electron chi connectivity index (χ1n) is 9.12. The van der Waals surface area contributed by atoms with Crippen molar-refractivity contribution in [2.75, 3.05) is 40.0 Å². The van der Waals surface area contributed by atoms with Gasteiger partial charge in [-0.3, -0.25) is 4.90 Å². The fourth-order valence-corrected chi connectivity index (χ4v) is 4.10. The highest BCUT2D eigenvalue weighted by Crippen LogP contribution is 2.50. The van der Waals surface area contributed by atoms with Gasteiger partial charge in [0, 0.05) is 23.9 Å². The Kier molecular flexibility index (Phi) is 6.12. The van der Waals surface area contributed by atoms with E-state index < -0.39 is 0 Å². The Morgan fingerprint density at radius 1 is 1.28 bits per heavy atom. The molecule has 1 aliphatic heterocycles. The Morgan fingerprint density at radius 2 is 2.04 bits per heavy atom.